The Morgan fingerprint density at radius 2 is 1.82 bits per heavy atom. The standard InChI is InChI=1S/C26H20ClI2NO4/c1-3-32-23-12-17(10-21(29)24(23)33-14-16-6-4-15(2)5-7-16)11-22-26(31)34-25(30-22)19-13-18(28)8-9-20(19)27/h4-13H,3,14H2,1-2H3/b22-11-. The smallest absolute Gasteiger partial charge is 0.363 e. The van der Waals surface area contributed by atoms with E-state index >= 15 is 0 Å². The summed E-state index contributed by atoms with van der Waals surface area (Å²) >= 11 is 10.7. The van der Waals surface area contributed by atoms with Gasteiger partial charge in [-0.25, -0.2) is 9.79 Å². The van der Waals surface area contributed by atoms with Gasteiger partial charge in [0, 0.05) is 3.57 Å². The molecule has 0 atom stereocenters. The van der Waals surface area contributed by atoms with Crippen molar-refractivity contribution in [2.75, 3.05) is 6.61 Å². The fourth-order valence-electron chi connectivity index (χ4n) is 3.26. The van der Waals surface area contributed by atoms with E-state index in [1.165, 1.54) is 5.56 Å². The van der Waals surface area contributed by atoms with Gasteiger partial charge in [-0.3, -0.25) is 0 Å². The van der Waals surface area contributed by atoms with Gasteiger partial charge >= 0.3 is 5.97 Å². The number of aliphatic imine (C=N–C) groups is 1. The molecule has 0 radical (unpaired) electrons. The molecule has 0 bridgehead atoms. The third-order valence-electron chi connectivity index (χ3n) is 4.92. The number of esters is 1. The second-order valence-electron chi connectivity index (χ2n) is 7.50. The van der Waals surface area contributed by atoms with E-state index in [4.69, 9.17) is 25.8 Å². The molecule has 8 heteroatoms. The third kappa shape index (κ3) is 5.92. The van der Waals surface area contributed by atoms with Crippen LogP contribution in [0.2, 0.25) is 5.02 Å². The predicted octanol–water partition coefficient (Wildman–Crippen LogP) is 7.18. The average Bonchev–Trinajstić information content (AvgIpc) is 3.16. The Labute approximate surface area is 230 Å². The van der Waals surface area contributed by atoms with Crippen LogP contribution in [0.15, 0.2) is 65.3 Å². The largest absolute Gasteiger partial charge is 0.490 e. The number of rotatable bonds is 7. The molecule has 5 nitrogen and oxygen atoms in total. The molecule has 0 fully saturated rings. The van der Waals surface area contributed by atoms with Crippen LogP contribution < -0.4 is 9.47 Å². The molecule has 3 aromatic carbocycles. The van der Waals surface area contributed by atoms with Crippen LogP contribution in [0.3, 0.4) is 0 Å². The normalized spacial score (nSPS) is 14.2. The summed E-state index contributed by atoms with van der Waals surface area (Å²) in [6.45, 7) is 4.87. The summed E-state index contributed by atoms with van der Waals surface area (Å²) in [4.78, 5) is 16.9. The molecule has 0 aromatic heterocycles. The van der Waals surface area contributed by atoms with E-state index in [-0.39, 0.29) is 11.6 Å². The third-order valence-corrected chi connectivity index (χ3v) is 6.72. The van der Waals surface area contributed by atoms with E-state index in [9.17, 15) is 4.79 Å². The van der Waals surface area contributed by atoms with Crippen molar-refractivity contribution in [3.05, 3.63) is 94.7 Å². The Morgan fingerprint density at radius 3 is 2.56 bits per heavy atom. The minimum absolute atomic E-state index is 0.191. The number of hydrogen-bond donors (Lipinski definition) is 0. The average molecular weight is 700 g/mol. The minimum Gasteiger partial charge on any atom is -0.490 e. The second kappa shape index (κ2) is 11.1. The van der Waals surface area contributed by atoms with Crippen LogP contribution in [0.1, 0.15) is 29.2 Å². The first-order valence-corrected chi connectivity index (χ1v) is 13.0. The Hall–Kier alpha value is -2.11. The van der Waals surface area contributed by atoms with Crippen LogP contribution in [-0.2, 0) is 16.1 Å². The van der Waals surface area contributed by atoms with Gasteiger partial charge in [-0.05, 0) is 107 Å². The van der Waals surface area contributed by atoms with Crippen molar-refractivity contribution in [1.82, 2.24) is 0 Å². The maximum Gasteiger partial charge on any atom is 0.363 e. The van der Waals surface area contributed by atoms with Gasteiger partial charge in [0.25, 0.3) is 0 Å². The lowest BCUT2D eigenvalue weighted by molar-refractivity contribution is -0.129. The molecule has 3 aromatic rings. The highest BCUT2D eigenvalue weighted by Gasteiger charge is 2.26. The summed E-state index contributed by atoms with van der Waals surface area (Å²) in [6.07, 6.45) is 1.67. The molecular weight excluding hydrogens is 680 g/mol. The van der Waals surface area contributed by atoms with Gasteiger partial charge < -0.3 is 14.2 Å². The Morgan fingerprint density at radius 1 is 1.06 bits per heavy atom. The fraction of sp³-hybridized carbons (Fsp3) is 0.154. The number of cyclic esters (lactones) is 1. The summed E-state index contributed by atoms with van der Waals surface area (Å²) in [6, 6.07) is 17.4. The van der Waals surface area contributed by atoms with Crippen molar-refractivity contribution in [1.29, 1.82) is 0 Å². The highest BCUT2D eigenvalue weighted by Crippen LogP contribution is 2.36. The van der Waals surface area contributed by atoms with Crippen LogP contribution in [0.25, 0.3) is 6.08 Å². The highest BCUT2D eigenvalue weighted by molar-refractivity contribution is 14.1. The Bertz CT molecular complexity index is 1300. The molecule has 174 valence electrons. The summed E-state index contributed by atoms with van der Waals surface area (Å²) in [5.74, 6) is 0.925. The number of hydrogen-bond acceptors (Lipinski definition) is 5. The summed E-state index contributed by atoms with van der Waals surface area (Å²) in [5, 5.41) is 0.469. The first kappa shape index (κ1) is 25.0. The number of aryl methyl sites for hydroxylation is 1. The predicted molar refractivity (Wildman–Crippen MR) is 151 cm³/mol. The van der Waals surface area contributed by atoms with E-state index in [1.54, 1.807) is 12.1 Å². The number of nitrogens with zero attached hydrogens (tertiary/aromatic N) is 1. The van der Waals surface area contributed by atoms with Gasteiger partial charge in [0.05, 0.1) is 20.8 Å². The van der Waals surface area contributed by atoms with Gasteiger partial charge in [0.15, 0.2) is 17.2 Å². The SMILES string of the molecule is CCOc1cc(/C=C2\N=C(c3cc(I)ccc3Cl)OC2=O)cc(I)c1OCc1ccc(C)cc1. The number of ether oxygens (including phenoxy) is 3. The van der Waals surface area contributed by atoms with Crippen LogP contribution in [0, 0.1) is 14.1 Å². The summed E-state index contributed by atoms with van der Waals surface area (Å²) < 4.78 is 19.2. The maximum atomic E-state index is 12.5. The van der Waals surface area contributed by atoms with Crippen molar-refractivity contribution >= 4 is 74.7 Å². The quantitative estimate of drug-likeness (QED) is 0.149. The van der Waals surface area contributed by atoms with Crippen molar-refractivity contribution in [2.24, 2.45) is 4.99 Å². The van der Waals surface area contributed by atoms with Crippen LogP contribution in [-0.4, -0.2) is 18.5 Å². The molecule has 0 saturated carbocycles. The number of halogens is 3. The van der Waals surface area contributed by atoms with Crippen LogP contribution >= 0.6 is 56.8 Å². The van der Waals surface area contributed by atoms with Crippen molar-refractivity contribution in [3.8, 4) is 11.5 Å². The lowest BCUT2D eigenvalue weighted by Crippen LogP contribution is -2.06. The number of carbonyl (C=O) groups is 1. The topological polar surface area (TPSA) is 57.1 Å². The monoisotopic (exact) mass is 699 g/mol. The van der Waals surface area contributed by atoms with Gasteiger partial charge in [-0.2, -0.15) is 0 Å². The molecule has 0 unspecified atom stereocenters. The first-order valence-electron chi connectivity index (χ1n) is 10.5. The molecule has 0 amide bonds. The Kier molecular flexibility index (Phi) is 8.15. The molecule has 0 saturated heterocycles. The van der Waals surface area contributed by atoms with Gasteiger partial charge in [0.2, 0.25) is 5.90 Å². The van der Waals surface area contributed by atoms with Crippen LogP contribution in [0.5, 0.6) is 11.5 Å². The molecule has 1 aliphatic heterocycles. The molecular formula is C26H20ClI2NO4. The molecule has 1 aliphatic rings. The Balaban J connectivity index is 1.62. The number of carbonyl (C=O) groups excluding carboxylic acids is 1. The van der Waals surface area contributed by atoms with E-state index in [0.29, 0.717) is 35.3 Å². The van der Waals surface area contributed by atoms with Crippen LogP contribution in [0.4, 0.5) is 0 Å². The molecule has 4 rings (SSSR count). The van der Waals surface area contributed by atoms with Crippen molar-refractivity contribution < 1.29 is 19.0 Å². The van der Waals surface area contributed by atoms with E-state index in [2.05, 4.69) is 69.2 Å². The van der Waals surface area contributed by atoms with E-state index in [1.807, 2.05) is 43.3 Å². The van der Waals surface area contributed by atoms with E-state index < -0.39 is 5.97 Å². The molecule has 34 heavy (non-hydrogen) atoms. The fourth-order valence-corrected chi connectivity index (χ4v) is 4.73. The van der Waals surface area contributed by atoms with E-state index in [0.717, 1.165) is 18.3 Å². The zero-order valence-electron chi connectivity index (χ0n) is 18.4. The molecule has 0 N–H and O–H groups in total. The zero-order chi connectivity index (χ0) is 24.2. The van der Waals surface area contributed by atoms with Gasteiger partial charge in [0.1, 0.15) is 6.61 Å². The first-order chi connectivity index (χ1) is 16.3. The number of benzene rings is 3. The molecule has 0 aliphatic carbocycles. The highest BCUT2D eigenvalue weighted by atomic mass is 127. The van der Waals surface area contributed by atoms with Crippen molar-refractivity contribution in [2.45, 2.75) is 20.5 Å². The maximum absolute atomic E-state index is 12.5. The van der Waals surface area contributed by atoms with Gasteiger partial charge in [-0.15, -0.1) is 0 Å². The lowest BCUT2D eigenvalue weighted by Gasteiger charge is -2.15. The lowest BCUT2D eigenvalue weighted by atomic mass is 10.1. The second-order valence-corrected chi connectivity index (χ2v) is 10.3. The van der Waals surface area contributed by atoms with Crippen molar-refractivity contribution in [3.63, 3.8) is 0 Å². The van der Waals surface area contributed by atoms with Gasteiger partial charge in [-0.1, -0.05) is 41.4 Å². The molecule has 0 spiro atoms. The summed E-state index contributed by atoms with van der Waals surface area (Å²) in [7, 11) is 0. The molecule has 1 heterocycles. The summed E-state index contributed by atoms with van der Waals surface area (Å²) in [5.41, 5.74) is 3.79. The zero-order valence-corrected chi connectivity index (χ0v) is 23.5. The minimum atomic E-state index is -0.530.